The molecule has 0 amide bonds. The Labute approximate surface area is 170 Å². The molecule has 0 fully saturated rings. The van der Waals surface area contributed by atoms with Gasteiger partial charge in [-0.2, -0.15) is 0 Å². The summed E-state index contributed by atoms with van der Waals surface area (Å²) in [6, 6.07) is 0. The van der Waals surface area contributed by atoms with Crippen molar-refractivity contribution in [3.8, 4) is 0 Å². The molecule has 0 saturated heterocycles. The Hall–Kier alpha value is 3.30. The molecule has 0 atom stereocenters. The molecule has 0 heterocycles. The molecule has 0 aliphatic heterocycles. The minimum atomic E-state index is -6.02. The standard InChI is InChI=1S/3Mo.12O.2Sm/q;;;;;;;;;6*-1;2*+3. The Kier molecular flexibility index (Phi) is 27.1. The van der Waals surface area contributed by atoms with Crippen LogP contribution >= 0.6 is 0 Å². The van der Waals surface area contributed by atoms with E-state index in [1.165, 1.54) is 0 Å². The van der Waals surface area contributed by atoms with E-state index < -0.39 is 50.2 Å². The van der Waals surface area contributed by atoms with Gasteiger partial charge in [-0.1, -0.05) is 0 Å². The first kappa shape index (κ1) is 32.3. The van der Waals surface area contributed by atoms with Gasteiger partial charge in [-0.15, -0.1) is 0 Å². The minimum absolute atomic E-state index is 0. The quantitative estimate of drug-likeness (QED) is 0.208. The van der Waals surface area contributed by atoms with Gasteiger partial charge in [0.15, 0.2) is 0 Å². The van der Waals surface area contributed by atoms with Crippen LogP contribution in [0.1, 0.15) is 0 Å². The van der Waals surface area contributed by atoms with Crippen LogP contribution in [-0.2, 0) is 70.6 Å². The largest absolute Gasteiger partial charge is 3.00 e. The Morgan fingerprint density at radius 2 is 0.412 bits per heavy atom. The molecule has 0 unspecified atom stereocenters. The first-order chi connectivity index (χ1) is 6.00. The van der Waals surface area contributed by atoms with Gasteiger partial charge in [-0.3, -0.25) is 0 Å². The molecule has 0 rings (SSSR count). The molecule has 0 bridgehead atoms. The molecule has 0 saturated carbocycles. The van der Waals surface area contributed by atoms with E-state index in [1.807, 2.05) is 0 Å². The van der Waals surface area contributed by atoms with Crippen LogP contribution < -0.4 is 22.6 Å². The molecule has 2 radical (unpaired) electrons. The molecule has 17 heteroatoms. The molecule has 0 aliphatic rings. The van der Waals surface area contributed by atoms with Crippen LogP contribution in [-0.4, -0.2) is 0 Å². The Morgan fingerprint density at radius 1 is 0.412 bits per heavy atom. The van der Waals surface area contributed by atoms with E-state index in [1.54, 1.807) is 0 Å². The van der Waals surface area contributed by atoms with E-state index >= 15 is 0 Å². The Bertz CT molecular complexity index is 341. The van der Waals surface area contributed by atoms with Crippen LogP contribution in [0.15, 0.2) is 0 Å². The zero-order chi connectivity index (χ0) is 13.5. The van der Waals surface area contributed by atoms with Crippen LogP contribution in [0.25, 0.3) is 0 Å². The van der Waals surface area contributed by atoms with Crippen molar-refractivity contribution >= 4 is 0 Å². The maximum absolute atomic E-state index is 8.63. The van der Waals surface area contributed by atoms with E-state index in [0.29, 0.717) is 0 Å². The second-order valence-corrected chi connectivity index (χ2v) is 7.25. The van der Waals surface area contributed by atoms with Gasteiger partial charge in [0.2, 0.25) is 0 Å². The average molecular weight is 781 g/mol. The van der Waals surface area contributed by atoms with Gasteiger partial charge in [-0.05, 0) is 0 Å². The Balaban J connectivity index is -0.0000000400. The third-order valence-electron chi connectivity index (χ3n) is 0. The SMILES string of the molecule is [O]=[Mo](=[O])([O-])[O-].[O]=[Mo](=[O])([O-])[O-].[O]=[Mo](=[O])([O-])[O-].[Sm+3].[Sm+3]. The minimum Gasteiger partial charge on any atom is 3.00 e. The van der Waals surface area contributed by atoms with E-state index in [9.17, 15) is 0 Å². The molecule has 102 valence electrons. The third-order valence-corrected chi connectivity index (χ3v) is 0. The predicted molar refractivity (Wildman–Crippen MR) is 4.12 cm³/mol. The van der Waals surface area contributed by atoms with E-state index in [0.717, 1.165) is 0 Å². The van der Waals surface area contributed by atoms with Crippen molar-refractivity contribution in [2.24, 2.45) is 0 Å². The van der Waals surface area contributed by atoms with Crippen LogP contribution in [0.2, 0.25) is 0 Å². The van der Waals surface area contributed by atoms with Crippen LogP contribution in [0.3, 0.4) is 0 Å². The molecule has 0 aliphatic carbocycles. The molecule has 17 heavy (non-hydrogen) atoms. The van der Waals surface area contributed by atoms with Crippen molar-refractivity contribution in [1.82, 2.24) is 0 Å². The van der Waals surface area contributed by atoms with E-state index in [2.05, 4.69) is 0 Å². The summed E-state index contributed by atoms with van der Waals surface area (Å²) in [6.45, 7) is 0. The summed E-state index contributed by atoms with van der Waals surface area (Å²) in [6.07, 6.45) is 0. The van der Waals surface area contributed by atoms with Gasteiger partial charge < -0.3 is 0 Å². The summed E-state index contributed by atoms with van der Waals surface area (Å²) in [5.41, 5.74) is 0. The third kappa shape index (κ3) is 530. The monoisotopic (exact) mass is 789 g/mol. The molecule has 12 nitrogen and oxygen atoms in total. The second kappa shape index (κ2) is 14.2. The maximum atomic E-state index is 8.63. The summed E-state index contributed by atoms with van der Waals surface area (Å²) >= 11 is -18.1. The fraction of sp³-hybridized carbons (Fsp3) is 0. The van der Waals surface area contributed by atoms with Gasteiger partial charge in [0, 0.05) is 0 Å². The molecule has 0 aromatic heterocycles. The molecule has 0 aromatic rings. The van der Waals surface area contributed by atoms with Gasteiger partial charge in [-0.25, -0.2) is 0 Å². The summed E-state index contributed by atoms with van der Waals surface area (Å²) in [5, 5.41) is 0. The van der Waals surface area contributed by atoms with Crippen molar-refractivity contribution in [3.05, 3.63) is 0 Å². The van der Waals surface area contributed by atoms with Crippen LogP contribution in [0, 0.1) is 80.8 Å². The zero-order valence-corrected chi connectivity index (χ0v) is 18.2. The van der Waals surface area contributed by atoms with Crippen molar-refractivity contribution in [3.63, 3.8) is 0 Å². The normalized spacial score (nSPS) is 10.2. The van der Waals surface area contributed by atoms with Gasteiger partial charge in [0.25, 0.3) is 0 Å². The molecular weight excluding hydrogens is 781 g/mol. The van der Waals surface area contributed by atoms with Crippen LogP contribution in [0.4, 0.5) is 0 Å². The summed E-state index contributed by atoms with van der Waals surface area (Å²) in [5.74, 6) is 0. The van der Waals surface area contributed by atoms with E-state index in [4.69, 9.17) is 42.9 Å². The smallest absolute Gasteiger partial charge is 3.00 e. The average Bonchev–Trinajstić information content (AvgIpc) is 1.41. The predicted octanol–water partition coefficient (Wildman–Crippen LogP) is -7.85. The second-order valence-electron chi connectivity index (χ2n) is 1.22. The van der Waals surface area contributed by atoms with Crippen molar-refractivity contribution in [1.29, 1.82) is 0 Å². The van der Waals surface area contributed by atoms with Crippen LogP contribution in [0.5, 0.6) is 0 Å². The molecule has 0 N–H and O–H groups in total. The van der Waals surface area contributed by atoms with E-state index in [-0.39, 0.29) is 80.8 Å². The summed E-state index contributed by atoms with van der Waals surface area (Å²) < 4.78 is 104. The molecule has 0 spiro atoms. The maximum Gasteiger partial charge on any atom is 3.00 e. The summed E-state index contributed by atoms with van der Waals surface area (Å²) in [4.78, 5) is 0. The van der Waals surface area contributed by atoms with Crippen molar-refractivity contribution in [2.45, 2.75) is 0 Å². The zero-order valence-electron chi connectivity index (χ0n) is 6.94. The van der Waals surface area contributed by atoms with Crippen molar-refractivity contribution < 1.29 is 174 Å². The topological polar surface area (TPSA) is 241 Å². The van der Waals surface area contributed by atoms with Gasteiger partial charge in [0.1, 0.15) is 0 Å². The number of hydrogen-bond acceptors (Lipinski definition) is 12. The van der Waals surface area contributed by atoms with Crippen molar-refractivity contribution in [2.75, 3.05) is 0 Å². The van der Waals surface area contributed by atoms with Gasteiger partial charge in [0.05, 0.1) is 0 Å². The fourth-order valence-corrected chi connectivity index (χ4v) is 0. The first-order valence-corrected chi connectivity index (χ1v) is 11.8. The van der Waals surface area contributed by atoms with Gasteiger partial charge >= 0.3 is 174 Å². The molecular formula is Mo3O12Sm2. The Morgan fingerprint density at radius 3 is 0.412 bits per heavy atom. The fourth-order valence-electron chi connectivity index (χ4n) is 0. The summed E-state index contributed by atoms with van der Waals surface area (Å²) in [7, 11) is 0. The first-order valence-electron chi connectivity index (χ1n) is 2.00. The molecule has 0 aromatic carbocycles. The number of hydrogen-bond donors (Lipinski definition) is 0. The number of rotatable bonds is 0.